The van der Waals surface area contributed by atoms with Crippen LogP contribution in [0, 0.1) is 10.5 Å². The SMILES string of the molecule is CCC(=O)Oc1cccc(I)c1COc1ccc(C)cc1C(F)(F)F. The molecule has 7 heteroatoms. The maximum Gasteiger partial charge on any atom is 0.419 e. The zero-order valence-corrected chi connectivity index (χ0v) is 15.8. The standard InChI is InChI=1S/C18H16F3IO3/c1-3-17(23)25-15-6-4-5-14(22)12(15)10-24-16-8-7-11(2)9-13(16)18(19,20)21/h4-9H,3,10H2,1-2H3. The summed E-state index contributed by atoms with van der Waals surface area (Å²) in [5.41, 5.74) is 0.190. The predicted molar refractivity (Wildman–Crippen MR) is 95.6 cm³/mol. The highest BCUT2D eigenvalue weighted by Crippen LogP contribution is 2.37. The average molecular weight is 464 g/mol. The van der Waals surface area contributed by atoms with Gasteiger partial charge in [0.25, 0.3) is 0 Å². The van der Waals surface area contributed by atoms with Gasteiger partial charge >= 0.3 is 12.1 Å². The fourth-order valence-corrected chi connectivity index (χ4v) is 2.74. The number of hydrogen-bond donors (Lipinski definition) is 0. The molecule has 3 nitrogen and oxygen atoms in total. The largest absolute Gasteiger partial charge is 0.488 e. The second kappa shape index (κ2) is 8.07. The smallest absolute Gasteiger partial charge is 0.419 e. The third-order valence-corrected chi connectivity index (χ3v) is 4.41. The number of benzene rings is 2. The van der Waals surface area contributed by atoms with Crippen molar-refractivity contribution in [2.24, 2.45) is 0 Å². The summed E-state index contributed by atoms with van der Waals surface area (Å²) < 4.78 is 50.9. The normalized spacial score (nSPS) is 11.3. The summed E-state index contributed by atoms with van der Waals surface area (Å²) in [6.45, 7) is 3.10. The van der Waals surface area contributed by atoms with E-state index in [0.717, 1.165) is 9.64 Å². The van der Waals surface area contributed by atoms with Crippen molar-refractivity contribution < 1.29 is 27.4 Å². The van der Waals surface area contributed by atoms with E-state index >= 15 is 0 Å². The number of aryl methyl sites for hydroxylation is 1. The van der Waals surface area contributed by atoms with Gasteiger partial charge in [0.05, 0.1) is 5.56 Å². The van der Waals surface area contributed by atoms with Crippen LogP contribution in [0.5, 0.6) is 11.5 Å². The molecule has 0 radical (unpaired) electrons. The maximum atomic E-state index is 13.2. The Morgan fingerprint density at radius 3 is 2.52 bits per heavy atom. The molecule has 0 amide bonds. The number of ether oxygens (including phenoxy) is 2. The molecule has 0 unspecified atom stereocenters. The van der Waals surface area contributed by atoms with Gasteiger partial charge in [-0.1, -0.05) is 24.6 Å². The fourth-order valence-electron chi connectivity index (χ4n) is 2.11. The van der Waals surface area contributed by atoms with Crippen LogP contribution in [0.4, 0.5) is 13.2 Å². The van der Waals surface area contributed by atoms with Crippen LogP contribution in [0.1, 0.15) is 30.0 Å². The third kappa shape index (κ3) is 5.10. The number of carbonyl (C=O) groups excluding carboxylic acids is 1. The first kappa shape index (κ1) is 19.6. The maximum absolute atomic E-state index is 13.2. The van der Waals surface area contributed by atoms with E-state index in [4.69, 9.17) is 9.47 Å². The van der Waals surface area contributed by atoms with Crippen molar-refractivity contribution in [2.75, 3.05) is 0 Å². The molecule has 2 rings (SSSR count). The van der Waals surface area contributed by atoms with Crippen LogP contribution in [0.2, 0.25) is 0 Å². The summed E-state index contributed by atoms with van der Waals surface area (Å²) in [5, 5.41) is 0. The number of alkyl halides is 3. The summed E-state index contributed by atoms with van der Waals surface area (Å²) in [4.78, 5) is 11.5. The van der Waals surface area contributed by atoms with Crippen molar-refractivity contribution in [2.45, 2.75) is 33.1 Å². The van der Waals surface area contributed by atoms with E-state index in [0.29, 0.717) is 16.9 Å². The molecule has 25 heavy (non-hydrogen) atoms. The minimum absolute atomic E-state index is 0.141. The molecule has 0 saturated heterocycles. The first-order chi connectivity index (χ1) is 11.7. The highest BCUT2D eigenvalue weighted by atomic mass is 127. The van der Waals surface area contributed by atoms with Gasteiger partial charge in [-0.05, 0) is 53.8 Å². The lowest BCUT2D eigenvalue weighted by atomic mass is 10.1. The quantitative estimate of drug-likeness (QED) is 0.333. The van der Waals surface area contributed by atoms with Crippen LogP contribution in [0.25, 0.3) is 0 Å². The molecule has 0 saturated carbocycles. The Morgan fingerprint density at radius 2 is 1.88 bits per heavy atom. The van der Waals surface area contributed by atoms with E-state index in [2.05, 4.69) is 0 Å². The molecule has 134 valence electrons. The molecule has 2 aromatic carbocycles. The molecule has 0 bridgehead atoms. The van der Waals surface area contributed by atoms with Crippen molar-refractivity contribution in [1.29, 1.82) is 0 Å². The van der Waals surface area contributed by atoms with Gasteiger partial charge in [0, 0.05) is 15.6 Å². The van der Waals surface area contributed by atoms with Gasteiger partial charge in [-0.2, -0.15) is 13.2 Å². The Morgan fingerprint density at radius 1 is 1.16 bits per heavy atom. The van der Waals surface area contributed by atoms with Gasteiger partial charge in [-0.25, -0.2) is 0 Å². The van der Waals surface area contributed by atoms with E-state index in [9.17, 15) is 18.0 Å². The van der Waals surface area contributed by atoms with Crippen molar-refractivity contribution in [3.63, 3.8) is 0 Å². The second-order valence-electron chi connectivity index (χ2n) is 5.33. The zero-order chi connectivity index (χ0) is 18.6. The fraction of sp³-hybridized carbons (Fsp3) is 0.278. The Labute approximate surface area is 157 Å². The Balaban J connectivity index is 2.29. The van der Waals surface area contributed by atoms with E-state index in [1.54, 1.807) is 38.1 Å². The van der Waals surface area contributed by atoms with Crippen molar-refractivity contribution in [3.05, 3.63) is 56.7 Å². The lowest BCUT2D eigenvalue weighted by molar-refractivity contribution is -0.139. The Kier molecular flexibility index (Phi) is 6.31. The number of esters is 1. The molecule has 2 aromatic rings. The van der Waals surface area contributed by atoms with Gasteiger partial charge in [0.2, 0.25) is 0 Å². The molecule has 0 N–H and O–H groups in total. The van der Waals surface area contributed by atoms with Gasteiger partial charge in [-0.15, -0.1) is 0 Å². The summed E-state index contributed by atoms with van der Waals surface area (Å²) in [6.07, 6.45) is -4.31. The monoisotopic (exact) mass is 464 g/mol. The third-order valence-electron chi connectivity index (χ3n) is 3.40. The van der Waals surface area contributed by atoms with Crippen molar-refractivity contribution in [3.8, 4) is 11.5 Å². The molecule has 0 aromatic heterocycles. The van der Waals surface area contributed by atoms with Gasteiger partial charge in [0.1, 0.15) is 18.1 Å². The van der Waals surface area contributed by atoms with E-state index in [1.165, 1.54) is 6.07 Å². The van der Waals surface area contributed by atoms with Gasteiger partial charge < -0.3 is 9.47 Å². The van der Waals surface area contributed by atoms with Crippen LogP contribution in [-0.2, 0) is 17.6 Å². The highest BCUT2D eigenvalue weighted by Gasteiger charge is 2.34. The van der Waals surface area contributed by atoms with Gasteiger partial charge in [0.15, 0.2) is 0 Å². The first-order valence-corrected chi connectivity index (χ1v) is 8.59. The molecule has 0 spiro atoms. The number of halogens is 4. The Bertz CT molecular complexity index is 773. The Hall–Kier alpha value is -1.77. The van der Waals surface area contributed by atoms with Crippen LogP contribution in [0.3, 0.4) is 0 Å². The topological polar surface area (TPSA) is 35.5 Å². The molecule has 0 aliphatic carbocycles. The lowest BCUT2D eigenvalue weighted by Gasteiger charge is -2.16. The lowest BCUT2D eigenvalue weighted by Crippen LogP contribution is -2.12. The van der Waals surface area contributed by atoms with Crippen LogP contribution < -0.4 is 9.47 Å². The average Bonchev–Trinajstić information content (AvgIpc) is 2.54. The molecule has 0 aliphatic rings. The first-order valence-electron chi connectivity index (χ1n) is 7.51. The molecular formula is C18H16F3IO3. The summed E-state index contributed by atoms with van der Waals surface area (Å²) in [7, 11) is 0. The molecule has 0 heterocycles. The molecule has 0 fully saturated rings. The van der Waals surface area contributed by atoms with Crippen molar-refractivity contribution >= 4 is 28.6 Å². The van der Waals surface area contributed by atoms with E-state index < -0.39 is 17.7 Å². The molecule has 0 atom stereocenters. The highest BCUT2D eigenvalue weighted by molar-refractivity contribution is 14.1. The number of rotatable bonds is 5. The summed E-state index contributed by atoms with van der Waals surface area (Å²) >= 11 is 2.02. The van der Waals surface area contributed by atoms with Crippen LogP contribution in [0.15, 0.2) is 36.4 Å². The van der Waals surface area contributed by atoms with E-state index in [1.807, 2.05) is 22.6 Å². The minimum atomic E-state index is -4.51. The molecular weight excluding hydrogens is 448 g/mol. The molecule has 0 aliphatic heterocycles. The van der Waals surface area contributed by atoms with Gasteiger partial charge in [-0.3, -0.25) is 4.79 Å². The minimum Gasteiger partial charge on any atom is -0.488 e. The van der Waals surface area contributed by atoms with Crippen molar-refractivity contribution in [1.82, 2.24) is 0 Å². The predicted octanol–water partition coefficient (Wildman–Crippen LogP) is 5.51. The summed E-state index contributed by atoms with van der Waals surface area (Å²) in [5.74, 6) is -0.389. The number of carbonyl (C=O) groups is 1. The zero-order valence-electron chi connectivity index (χ0n) is 13.6. The van der Waals surface area contributed by atoms with Crippen LogP contribution in [-0.4, -0.2) is 5.97 Å². The van der Waals surface area contributed by atoms with Crippen LogP contribution >= 0.6 is 22.6 Å². The van der Waals surface area contributed by atoms with E-state index in [-0.39, 0.29) is 18.8 Å². The number of hydrogen-bond acceptors (Lipinski definition) is 3. The second-order valence-corrected chi connectivity index (χ2v) is 6.49. The summed E-state index contributed by atoms with van der Waals surface area (Å²) in [6, 6.07) is 8.96.